The minimum atomic E-state index is -0.0443. The summed E-state index contributed by atoms with van der Waals surface area (Å²) in [5.41, 5.74) is 2.13. The van der Waals surface area contributed by atoms with E-state index in [9.17, 15) is 9.59 Å². The van der Waals surface area contributed by atoms with Gasteiger partial charge in [0.15, 0.2) is 0 Å². The molecule has 0 aromatic heterocycles. The largest absolute Gasteiger partial charge is 0.356 e. The molecule has 6 nitrogen and oxygen atoms in total. The highest BCUT2D eigenvalue weighted by Gasteiger charge is 2.16. The Bertz CT molecular complexity index is 886. The highest BCUT2D eigenvalue weighted by Crippen LogP contribution is 2.16. The standard InChI is InChI=1S/C28H38N4O2/c33-27-23-26(25-13-5-2-6-14-25)30-20-10-22-32(21-8-7-17-29-18-9-19-31-27)28(34)16-15-24-11-3-1-4-12-24/h1-6,11-16,26,29-30H,7-10,17-23H2,(H,31,33)/b16-15+. The van der Waals surface area contributed by atoms with Crippen LogP contribution in [0.25, 0.3) is 6.08 Å². The molecule has 1 heterocycles. The molecule has 1 saturated heterocycles. The van der Waals surface area contributed by atoms with Crippen LogP contribution in [-0.2, 0) is 9.59 Å². The highest BCUT2D eigenvalue weighted by atomic mass is 16.2. The Labute approximate surface area is 203 Å². The third-order valence-corrected chi connectivity index (χ3v) is 6.00. The molecular formula is C28H38N4O2. The third kappa shape index (κ3) is 9.49. The third-order valence-electron chi connectivity index (χ3n) is 6.00. The number of nitrogens with zero attached hydrogens (tertiary/aromatic N) is 1. The molecule has 2 aromatic rings. The van der Waals surface area contributed by atoms with Crippen LogP contribution < -0.4 is 16.0 Å². The number of carbonyl (C=O) groups is 2. The van der Waals surface area contributed by atoms with Crippen molar-refractivity contribution >= 4 is 17.9 Å². The van der Waals surface area contributed by atoms with Crippen LogP contribution in [0.5, 0.6) is 0 Å². The van der Waals surface area contributed by atoms with Crippen molar-refractivity contribution in [1.82, 2.24) is 20.9 Å². The van der Waals surface area contributed by atoms with E-state index in [-0.39, 0.29) is 17.9 Å². The van der Waals surface area contributed by atoms with Crippen LogP contribution in [0.2, 0.25) is 0 Å². The Morgan fingerprint density at radius 2 is 1.53 bits per heavy atom. The van der Waals surface area contributed by atoms with Crippen LogP contribution in [0.1, 0.15) is 49.3 Å². The Balaban J connectivity index is 1.62. The van der Waals surface area contributed by atoms with Gasteiger partial charge in [-0.05, 0) is 62.5 Å². The predicted molar refractivity (Wildman–Crippen MR) is 138 cm³/mol. The fourth-order valence-corrected chi connectivity index (χ4v) is 4.09. The molecule has 1 fully saturated rings. The van der Waals surface area contributed by atoms with Gasteiger partial charge in [-0.3, -0.25) is 9.59 Å². The number of rotatable bonds is 3. The van der Waals surface area contributed by atoms with Crippen molar-refractivity contribution in [3.8, 4) is 0 Å². The molecule has 1 aliphatic rings. The minimum absolute atomic E-state index is 0.0443. The molecule has 1 aliphatic heterocycles. The summed E-state index contributed by atoms with van der Waals surface area (Å²) < 4.78 is 0. The molecule has 1 unspecified atom stereocenters. The van der Waals surface area contributed by atoms with Gasteiger partial charge in [-0.1, -0.05) is 60.7 Å². The van der Waals surface area contributed by atoms with E-state index in [1.54, 1.807) is 6.08 Å². The Morgan fingerprint density at radius 3 is 2.32 bits per heavy atom. The molecule has 0 spiro atoms. The van der Waals surface area contributed by atoms with Crippen molar-refractivity contribution < 1.29 is 9.59 Å². The summed E-state index contributed by atoms with van der Waals surface area (Å²) >= 11 is 0. The van der Waals surface area contributed by atoms with E-state index in [1.165, 1.54) is 0 Å². The first kappa shape index (κ1) is 25.7. The average molecular weight is 463 g/mol. The molecule has 0 saturated carbocycles. The zero-order valence-electron chi connectivity index (χ0n) is 20.0. The molecular weight excluding hydrogens is 424 g/mol. The fraction of sp³-hybridized carbons (Fsp3) is 0.429. The second-order valence-electron chi connectivity index (χ2n) is 8.70. The molecule has 3 N–H and O–H groups in total. The summed E-state index contributed by atoms with van der Waals surface area (Å²) in [6.45, 7) is 4.66. The smallest absolute Gasteiger partial charge is 0.246 e. The zero-order valence-corrected chi connectivity index (χ0v) is 20.0. The van der Waals surface area contributed by atoms with Gasteiger partial charge in [-0.25, -0.2) is 0 Å². The second-order valence-corrected chi connectivity index (χ2v) is 8.70. The maximum absolute atomic E-state index is 12.9. The first-order chi connectivity index (χ1) is 16.7. The first-order valence-corrected chi connectivity index (χ1v) is 12.5. The fourth-order valence-electron chi connectivity index (χ4n) is 4.09. The summed E-state index contributed by atoms with van der Waals surface area (Å²) in [7, 11) is 0. The lowest BCUT2D eigenvalue weighted by atomic mass is 10.0. The number of hydrogen-bond donors (Lipinski definition) is 3. The number of amides is 2. The first-order valence-electron chi connectivity index (χ1n) is 12.5. The lowest BCUT2D eigenvalue weighted by Crippen LogP contribution is -2.35. The van der Waals surface area contributed by atoms with Gasteiger partial charge in [-0.2, -0.15) is 0 Å². The Morgan fingerprint density at radius 1 is 0.824 bits per heavy atom. The van der Waals surface area contributed by atoms with Crippen molar-refractivity contribution in [3.63, 3.8) is 0 Å². The zero-order chi connectivity index (χ0) is 23.8. The van der Waals surface area contributed by atoms with Gasteiger partial charge in [0.1, 0.15) is 0 Å². The molecule has 0 radical (unpaired) electrons. The second kappa shape index (κ2) is 15.0. The van der Waals surface area contributed by atoms with Crippen molar-refractivity contribution in [1.29, 1.82) is 0 Å². The molecule has 2 amide bonds. The summed E-state index contributed by atoms with van der Waals surface area (Å²) in [4.78, 5) is 27.4. The normalized spacial score (nSPS) is 19.9. The van der Waals surface area contributed by atoms with E-state index >= 15 is 0 Å². The van der Waals surface area contributed by atoms with E-state index in [0.29, 0.717) is 19.5 Å². The van der Waals surface area contributed by atoms with E-state index in [0.717, 1.165) is 63.0 Å². The van der Waals surface area contributed by atoms with Gasteiger partial charge < -0.3 is 20.9 Å². The van der Waals surface area contributed by atoms with Crippen molar-refractivity contribution in [2.45, 2.75) is 38.1 Å². The van der Waals surface area contributed by atoms with Crippen molar-refractivity contribution in [2.75, 3.05) is 39.3 Å². The van der Waals surface area contributed by atoms with E-state index in [4.69, 9.17) is 0 Å². The van der Waals surface area contributed by atoms with Crippen LogP contribution in [-0.4, -0.2) is 56.0 Å². The lowest BCUT2D eigenvalue weighted by Gasteiger charge is -2.23. The number of carbonyl (C=O) groups excluding carboxylic acids is 2. The van der Waals surface area contributed by atoms with Crippen molar-refractivity contribution in [2.24, 2.45) is 0 Å². The maximum Gasteiger partial charge on any atom is 0.246 e. The predicted octanol–water partition coefficient (Wildman–Crippen LogP) is 3.53. The number of hydrogen-bond acceptors (Lipinski definition) is 4. The quantitative estimate of drug-likeness (QED) is 0.610. The molecule has 6 heteroatoms. The van der Waals surface area contributed by atoms with E-state index in [2.05, 4.69) is 28.1 Å². The van der Waals surface area contributed by atoms with Crippen LogP contribution in [0.15, 0.2) is 66.7 Å². The van der Waals surface area contributed by atoms with Crippen LogP contribution in [0.4, 0.5) is 0 Å². The van der Waals surface area contributed by atoms with Gasteiger partial charge in [0.25, 0.3) is 0 Å². The molecule has 0 aliphatic carbocycles. The van der Waals surface area contributed by atoms with Gasteiger partial charge in [0.2, 0.25) is 11.8 Å². The molecule has 3 rings (SSSR count). The summed E-state index contributed by atoms with van der Waals surface area (Å²) in [5, 5.41) is 10.0. The summed E-state index contributed by atoms with van der Waals surface area (Å²) in [6, 6.07) is 20.0. The summed E-state index contributed by atoms with van der Waals surface area (Å²) in [5.74, 6) is 0.113. The number of benzene rings is 2. The van der Waals surface area contributed by atoms with E-state index < -0.39 is 0 Å². The summed E-state index contributed by atoms with van der Waals surface area (Å²) in [6.07, 6.45) is 7.69. The van der Waals surface area contributed by atoms with Gasteiger partial charge in [-0.15, -0.1) is 0 Å². The molecule has 34 heavy (non-hydrogen) atoms. The van der Waals surface area contributed by atoms with Gasteiger partial charge >= 0.3 is 0 Å². The topological polar surface area (TPSA) is 73.5 Å². The average Bonchev–Trinajstić information content (AvgIpc) is 2.87. The Kier molecular flexibility index (Phi) is 11.4. The number of nitrogens with one attached hydrogen (secondary N) is 3. The monoisotopic (exact) mass is 462 g/mol. The minimum Gasteiger partial charge on any atom is -0.356 e. The molecule has 2 aromatic carbocycles. The molecule has 182 valence electrons. The van der Waals surface area contributed by atoms with Gasteiger partial charge in [0, 0.05) is 38.2 Å². The maximum atomic E-state index is 12.9. The lowest BCUT2D eigenvalue weighted by molar-refractivity contribution is -0.126. The van der Waals surface area contributed by atoms with Gasteiger partial charge in [0.05, 0.1) is 0 Å². The van der Waals surface area contributed by atoms with E-state index in [1.807, 2.05) is 59.5 Å². The highest BCUT2D eigenvalue weighted by molar-refractivity contribution is 5.91. The van der Waals surface area contributed by atoms with Crippen LogP contribution >= 0.6 is 0 Å². The molecule has 0 bridgehead atoms. The van der Waals surface area contributed by atoms with Crippen LogP contribution in [0, 0.1) is 0 Å². The Hall–Kier alpha value is -2.96. The SMILES string of the molecule is O=C1CC(c2ccccc2)NCCCN(C(=O)/C=C/c2ccccc2)CCCCNCCCN1. The molecule has 1 atom stereocenters. The van der Waals surface area contributed by atoms with Crippen LogP contribution in [0.3, 0.4) is 0 Å². The van der Waals surface area contributed by atoms with Crippen molar-refractivity contribution in [3.05, 3.63) is 77.9 Å².